The first-order chi connectivity index (χ1) is 16.0. The summed E-state index contributed by atoms with van der Waals surface area (Å²) < 4.78 is 7.51. The molecule has 3 aromatic rings. The molecule has 168 valence electrons. The average molecular weight is 444 g/mol. The Morgan fingerprint density at radius 1 is 1.21 bits per heavy atom. The number of hydrogen-bond donors (Lipinski definition) is 1. The summed E-state index contributed by atoms with van der Waals surface area (Å²) in [5.41, 5.74) is 3.26. The quantitative estimate of drug-likeness (QED) is 0.600. The zero-order chi connectivity index (χ0) is 23.4. The highest BCUT2D eigenvalue weighted by atomic mass is 16.7. The number of amidine groups is 1. The van der Waals surface area contributed by atoms with Crippen LogP contribution < -0.4 is 4.74 Å². The summed E-state index contributed by atoms with van der Waals surface area (Å²) in [6, 6.07) is 15.2. The van der Waals surface area contributed by atoms with Crippen molar-refractivity contribution < 1.29 is 14.7 Å². The Morgan fingerprint density at radius 3 is 2.64 bits per heavy atom. The molecule has 1 unspecified atom stereocenters. The van der Waals surface area contributed by atoms with Crippen LogP contribution in [-0.2, 0) is 10.6 Å². The zero-order valence-corrected chi connectivity index (χ0v) is 18.8. The maximum absolute atomic E-state index is 9.66. The third-order valence-corrected chi connectivity index (χ3v) is 5.60. The lowest BCUT2D eigenvalue weighted by Crippen LogP contribution is -2.44. The number of ether oxygens (including phenoxy) is 1. The van der Waals surface area contributed by atoms with Crippen molar-refractivity contribution in [3.05, 3.63) is 83.4 Å². The van der Waals surface area contributed by atoms with E-state index in [1.807, 2.05) is 72.0 Å². The van der Waals surface area contributed by atoms with Crippen LogP contribution >= 0.6 is 0 Å². The van der Waals surface area contributed by atoms with Crippen LogP contribution in [0.3, 0.4) is 0 Å². The van der Waals surface area contributed by atoms with Crippen LogP contribution in [0.5, 0.6) is 5.75 Å². The van der Waals surface area contributed by atoms with Crippen molar-refractivity contribution in [1.29, 1.82) is 5.26 Å². The molecular weight excluding hydrogens is 418 g/mol. The standard InChI is InChI=1S/C25H25N5O3/c1-18-16-29(17-27-18)22-10-6-19(14-23(22)32-3)7-11-24-28-33-25(2,30(24)12-13-31)21-8-4-20(15-26)5-9-21/h4-11,14,16-17,31H,12-13H2,1-3H3. The molecule has 8 nitrogen and oxygen atoms in total. The topological polar surface area (TPSA) is 95.9 Å². The largest absolute Gasteiger partial charge is 0.495 e. The van der Waals surface area contributed by atoms with Crippen molar-refractivity contribution in [3.63, 3.8) is 0 Å². The van der Waals surface area contributed by atoms with Gasteiger partial charge in [-0.2, -0.15) is 5.26 Å². The third kappa shape index (κ3) is 4.31. The molecule has 0 fully saturated rings. The molecule has 0 bridgehead atoms. The number of aliphatic hydroxyl groups is 1. The Balaban J connectivity index is 1.59. The van der Waals surface area contributed by atoms with Gasteiger partial charge in [0.05, 0.1) is 43.1 Å². The van der Waals surface area contributed by atoms with E-state index >= 15 is 0 Å². The molecule has 4 rings (SSSR count). The molecule has 33 heavy (non-hydrogen) atoms. The molecule has 8 heteroatoms. The molecule has 0 aliphatic carbocycles. The predicted octanol–water partition coefficient (Wildman–Crippen LogP) is 3.59. The van der Waals surface area contributed by atoms with Gasteiger partial charge < -0.3 is 24.1 Å². The highest BCUT2D eigenvalue weighted by Crippen LogP contribution is 2.35. The van der Waals surface area contributed by atoms with Crippen LogP contribution in [0.2, 0.25) is 0 Å². The van der Waals surface area contributed by atoms with E-state index in [0.29, 0.717) is 23.7 Å². The number of rotatable bonds is 7. The van der Waals surface area contributed by atoms with Crippen LogP contribution in [0.25, 0.3) is 11.8 Å². The summed E-state index contributed by atoms with van der Waals surface area (Å²) >= 11 is 0. The van der Waals surface area contributed by atoms with Crippen molar-refractivity contribution in [1.82, 2.24) is 14.5 Å². The highest BCUT2D eigenvalue weighted by molar-refractivity contribution is 5.97. The second-order valence-corrected chi connectivity index (χ2v) is 7.77. The summed E-state index contributed by atoms with van der Waals surface area (Å²) in [6.45, 7) is 4.10. The number of aliphatic hydroxyl groups excluding tert-OH is 1. The zero-order valence-electron chi connectivity index (χ0n) is 18.8. The number of nitriles is 1. The number of aryl methyl sites for hydroxylation is 1. The number of β-amino-alcohol motifs (C(OH)–C–C–N with tert-alkyl or cyclic N) is 1. The van der Waals surface area contributed by atoms with Gasteiger partial charge in [0.2, 0.25) is 5.72 Å². The van der Waals surface area contributed by atoms with Gasteiger partial charge in [-0.3, -0.25) is 0 Å². The number of aromatic nitrogens is 2. The van der Waals surface area contributed by atoms with Crippen molar-refractivity contribution >= 4 is 11.9 Å². The molecule has 0 saturated heterocycles. The summed E-state index contributed by atoms with van der Waals surface area (Å²) in [7, 11) is 1.64. The molecule has 0 radical (unpaired) electrons. The Kier molecular flexibility index (Phi) is 6.16. The molecule has 1 atom stereocenters. The number of hydrogen-bond acceptors (Lipinski definition) is 7. The summed E-state index contributed by atoms with van der Waals surface area (Å²) in [5.74, 6) is 1.30. The van der Waals surface area contributed by atoms with Gasteiger partial charge in [0, 0.05) is 25.2 Å². The van der Waals surface area contributed by atoms with Gasteiger partial charge in [0.1, 0.15) is 5.75 Å². The summed E-state index contributed by atoms with van der Waals surface area (Å²) in [6.07, 6.45) is 7.46. The summed E-state index contributed by atoms with van der Waals surface area (Å²) in [4.78, 5) is 12.0. The average Bonchev–Trinajstić information content (AvgIpc) is 3.41. The van der Waals surface area contributed by atoms with Gasteiger partial charge in [-0.25, -0.2) is 4.98 Å². The van der Waals surface area contributed by atoms with Crippen molar-refractivity contribution in [2.45, 2.75) is 19.6 Å². The number of nitrogens with zero attached hydrogens (tertiary/aromatic N) is 5. The van der Waals surface area contributed by atoms with Crippen molar-refractivity contribution in [2.75, 3.05) is 20.3 Å². The first-order valence-corrected chi connectivity index (χ1v) is 10.5. The minimum Gasteiger partial charge on any atom is -0.495 e. The van der Waals surface area contributed by atoms with Gasteiger partial charge in [0.15, 0.2) is 5.84 Å². The normalized spacial score (nSPS) is 17.7. The molecule has 0 spiro atoms. The molecule has 1 aliphatic heterocycles. The van der Waals surface area contributed by atoms with Crippen molar-refractivity contribution in [2.24, 2.45) is 5.16 Å². The van der Waals surface area contributed by atoms with Crippen LogP contribution in [0.1, 0.15) is 29.3 Å². The maximum atomic E-state index is 9.66. The van der Waals surface area contributed by atoms with Crippen LogP contribution in [-0.4, -0.2) is 45.7 Å². The second kappa shape index (κ2) is 9.18. The monoisotopic (exact) mass is 443 g/mol. The Morgan fingerprint density at radius 2 is 2.00 bits per heavy atom. The molecule has 1 aromatic heterocycles. The highest BCUT2D eigenvalue weighted by Gasteiger charge is 2.42. The van der Waals surface area contributed by atoms with Crippen molar-refractivity contribution in [3.8, 4) is 17.5 Å². The van der Waals surface area contributed by atoms with E-state index in [0.717, 1.165) is 22.5 Å². The fourth-order valence-electron chi connectivity index (χ4n) is 3.80. The first kappa shape index (κ1) is 22.1. The molecule has 1 N–H and O–H groups in total. The first-order valence-electron chi connectivity index (χ1n) is 10.5. The predicted molar refractivity (Wildman–Crippen MR) is 125 cm³/mol. The molecule has 2 aromatic carbocycles. The molecule has 2 heterocycles. The van der Waals surface area contributed by atoms with Gasteiger partial charge in [-0.15, -0.1) is 0 Å². The van der Waals surface area contributed by atoms with Crippen LogP contribution in [0.4, 0.5) is 0 Å². The summed E-state index contributed by atoms with van der Waals surface area (Å²) in [5, 5.41) is 23.0. The smallest absolute Gasteiger partial charge is 0.234 e. The fourth-order valence-corrected chi connectivity index (χ4v) is 3.80. The molecule has 0 amide bonds. The SMILES string of the molecule is COc1cc(C=CC2=NOC(C)(c3ccc(C#N)cc3)N2CCO)ccc1-n1cnc(C)c1. The lowest BCUT2D eigenvalue weighted by Gasteiger charge is -2.33. The number of methoxy groups -OCH3 is 1. The number of benzene rings is 2. The van der Waals surface area contributed by atoms with E-state index in [9.17, 15) is 5.11 Å². The fraction of sp³-hybridized carbons (Fsp3) is 0.240. The van der Waals surface area contributed by atoms with E-state index < -0.39 is 5.72 Å². The number of imidazole rings is 1. The van der Waals surface area contributed by atoms with Gasteiger partial charge >= 0.3 is 0 Å². The lowest BCUT2D eigenvalue weighted by atomic mass is 10.0. The van der Waals surface area contributed by atoms with Gasteiger partial charge in [-0.05, 0) is 42.8 Å². The Labute approximate surface area is 192 Å². The molecule has 0 saturated carbocycles. The second-order valence-electron chi connectivity index (χ2n) is 7.77. The van der Waals surface area contributed by atoms with Crippen LogP contribution in [0.15, 0.2) is 66.2 Å². The maximum Gasteiger partial charge on any atom is 0.234 e. The third-order valence-electron chi connectivity index (χ3n) is 5.60. The van der Waals surface area contributed by atoms with E-state index in [4.69, 9.17) is 14.8 Å². The van der Waals surface area contributed by atoms with Gasteiger partial charge in [-0.1, -0.05) is 29.4 Å². The van der Waals surface area contributed by atoms with Gasteiger partial charge in [0.25, 0.3) is 0 Å². The van der Waals surface area contributed by atoms with E-state index in [2.05, 4.69) is 16.2 Å². The minimum absolute atomic E-state index is 0.0606. The Hall–Kier alpha value is -4.09. The Bertz CT molecular complexity index is 1240. The van der Waals surface area contributed by atoms with Crippen LogP contribution in [0, 0.1) is 18.3 Å². The number of oxime groups is 1. The van der Waals surface area contributed by atoms with E-state index in [1.54, 1.807) is 25.6 Å². The molecule has 1 aliphatic rings. The molecular formula is C25H25N5O3. The lowest BCUT2D eigenvalue weighted by molar-refractivity contribution is -0.0932. The minimum atomic E-state index is -0.892. The van der Waals surface area contributed by atoms with E-state index in [-0.39, 0.29) is 6.61 Å². The van der Waals surface area contributed by atoms with E-state index in [1.165, 1.54) is 0 Å².